The van der Waals surface area contributed by atoms with Crippen molar-refractivity contribution in [2.45, 2.75) is 26.3 Å². The number of benzene rings is 2. The Morgan fingerprint density at radius 2 is 1.48 bits per heavy atom. The van der Waals surface area contributed by atoms with Gasteiger partial charge in [0, 0.05) is 6.04 Å². The topological polar surface area (TPSA) is 63.3 Å². The molecule has 3 N–H and O–H groups in total. The lowest BCUT2D eigenvalue weighted by atomic mass is 9.95. The predicted octanol–water partition coefficient (Wildman–Crippen LogP) is 3.58. The van der Waals surface area contributed by atoms with Crippen LogP contribution in [0.4, 0.5) is 0 Å². The smallest absolute Gasteiger partial charge is 0.335 e. The van der Waals surface area contributed by atoms with Gasteiger partial charge in [-0.15, -0.1) is 0 Å². The van der Waals surface area contributed by atoms with Crippen LogP contribution in [0.25, 0.3) is 11.1 Å². The minimum absolute atomic E-state index is 0.172. The highest BCUT2D eigenvalue weighted by atomic mass is 16.4. The lowest BCUT2D eigenvalue weighted by Crippen LogP contribution is -2.28. The molecule has 0 bridgehead atoms. The molecule has 2 rings (SSSR count). The van der Waals surface area contributed by atoms with Crippen LogP contribution in [0.15, 0.2) is 48.5 Å². The van der Waals surface area contributed by atoms with E-state index in [0.29, 0.717) is 11.5 Å². The number of carbonyl (C=O) groups is 1. The fraction of sp³-hybridized carbons (Fsp3) is 0.278. The second-order valence-electron chi connectivity index (χ2n) is 5.69. The fourth-order valence-corrected chi connectivity index (χ4v) is 2.15. The zero-order chi connectivity index (χ0) is 15.4. The van der Waals surface area contributed by atoms with Gasteiger partial charge >= 0.3 is 5.97 Å². The molecule has 0 heterocycles. The van der Waals surface area contributed by atoms with Crippen molar-refractivity contribution < 1.29 is 9.90 Å². The summed E-state index contributed by atoms with van der Waals surface area (Å²) in [7, 11) is 0. The van der Waals surface area contributed by atoms with E-state index in [1.807, 2.05) is 12.1 Å². The maximum absolute atomic E-state index is 10.8. The molecule has 0 aliphatic heterocycles. The number of hydrogen-bond acceptors (Lipinski definition) is 2. The third kappa shape index (κ3) is 3.92. The molecule has 1 atom stereocenters. The van der Waals surface area contributed by atoms with Crippen LogP contribution in [-0.2, 0) is 6.42 Å². The molecule has 3 nitrogen and oxygen atoms in total. The van der Waals surface area contributed by atoms with Crippen molar-refractivity contribution in [1.29, 1.82) is 0 Å². The molecule has 0 amide bonds. The second kappa shape index (κ2) is 6.55. The summed E-state index contributed by atoms with van der Waals surface area (Å²) in [5.74, 6) is -0.437. The quantitative estimate of drug-likeness (QED) is 0.881. The highest BCUT2D eigenvalue weighted by Gasteiger charge is 2.08. The molecule has 110 valence electrons. The molecule has 0 radical (unpaired) electrons. The summed E-state index contributed by atoms with van der Waals surface area (Å²) < 4.78 is 0. The first-order chi connectivity index (χ1) is 9.97. The van der Waals surface area contributed by atoms with Crippen LogP contribution in [0, 0.1) is 5.92 Å². The van der Waals surface area contributed by atoms with Gasteiger partial charge in [0.25, 0.3) is 0 Å². The molecule has 0 saturated carbocycles. The van der Waals surface area contributed by atoms with Crippen molar-refractivity contribution in [2.24, 2.45) is 11.7 Å². The lowest BCUT2D eigenvalue weighted by Gasteiger charge is -2.15. The predicted molar refractivity (Wildman–Crippen MR) is 85.4 cm³/mol. The molecule has 3 heteroatoms. The summed E-state index contributed by atoms with van der Waals surface area (Å²) in [6.07, 6.45) is 0.871. The van der Waals surface area contributed by atoms with Crippen LogP contribution in [0.2, 0.25) is 0 Å². The number of hydrogen-bond donors (Lipinski definition) is 2. The number of aromatic carboxylic acids is 1. The lowest BCUT2D eigenvalue weighted by molar-refractivity contribution is 0.0697. The molecule has 1 unspecified atom stereocenters. The summed E-state index contributed by atoms with van der Waals surface area (Å²) in [5, 5.41) is 8.90. The van der Waals surface area contributed by atoms with Crippen molar-refractivity contribution in [3.05, 3.63) is 59.7 Å². The van der Waals surface area contributed by atoms with Gasteiger partial charge in [0.15, 0.2) is 0 Å². The maximum atomic E-state index is 10.8. The minimum atomic E-state index is -0.903. The molecule has 2 aromatic rings. The Hall–Kier alpha value is -2.13. The Labute approximate surface area is 125 Å². The van der Waals surface area contributed by atoms with Gasteiger partial charge in [-0.1, -0.05) is 50.2 Å². The van der Waals surface area contributed by atoms with Gasteiger partial charge in [0.1, 0.15) is 0 Å². The van der Waals surface area contributed by atoms with E-state index in [1.165, 1.54) is 5.56 Å². The Morgan fingerprint density at radius 3 is 1.90 bits per heavy atom. The van der Waals surface area contributed by atoms with Crippen molar-refractivity contribution in [3.8, 4) is 11.1 Å². The van der Waals surface area contributed by atoms with Gasteiger partial charge < -0.3 is 10.8 Å². The average Bonchev–Trinajstić information content (AvgIpc) is 2.48. The Balaban J connectivity index is 2.13. The second-order valence-corrected chi connectivity index (χ2v) is 5.69. The number of carboxylic acids is 1. The standard InChI is InChI=1S/C18H21NO2/c1-12(2)17(19)11-13-3-5-14(6-4-13)15-7-9-16(10-8-15)18(20)21/h3-10,12,17H,11,19H2,1-2H3,(H,20,21). The Kier molecular flexibility index (Phi) is 4.76. The van der Waals surface area contributed by atoms with E-state index in [2.05, 4.69) is 38.1 Å². The Morgan fingerprint density at radius 1 is 1.00 bits per heavy atom. The van der Waals surface area contributed by atoms with Crippen LogP contribution in [-0.4, -0.2) is 17.1 Å². The zero-order valence-corrected chi connectivity index (χ0v) is 12.4. The van der Waals surface area contributed by atoms with E-state index in [1.54, 1.807) is 12.1 Å². The first-order valence-electron chi connectivity index (χ1n) is 7.15. The summed E-state index contributed by atoms with van der Waals surface area (Å²) >= 11 is 0. The fourth-order valence-electron chi connectivity index (χ4n) is 2.15. The van der Waals surface area contributed by atoms with Gasteiger partial charge in [0.2, 0.25) is 0 Å². The molecule has 0 spiro atoms. The van der Waals surface area contributed by atoms with Gasteiger partial charge in [-0.2, -0.15) is 0 Å². The molecule has 0 fully saturated rings. The first kappa shape index (κ1) is 15.3. The van der Waals surface area contributed by atoms with Gasteiger partial charge in [-0.05, 0) is 41.2 Å². The molecular formula is C18H21NO2. The molecule has 21 heavy (non-hydrogen) atoms. The number of carboxylic acid groups (broad SMARTS) is 1. The highest BCUT2D eigenvalue weighted by Crippen LogP contribution is 2.21. The van der Waals surface area contributed by atoms with E-state index in [4.69, 9.17) is 10.8 Å². The van der Waals surface area contributed by atoms with E-state index in [9.17, 15) is 4.79 Å². The van der Waals surface area contributed by atoms with Crippen molar-refractivity contribution >= 4 is 5.97 Å². The van der Waals surface area contributed by atoms with Gasteiger partial charge in [0.05, 0.1) is 5.56 Å². The zero-order valence-electron chi connectivity index (χ0n) is 12.4. The van der Waals surface area contributed by atoms with Crippen LogP contribution in [0.1, 0.15) is 29.8 Å². The van der Waals surface area contributed by atoms with Crippen LogP contribution < -0.4 is 5.73 Å². The Bertz CT molecular complexity index is 600. The molecule has 0 saturated heterocycles. The third-order valence-corrected chi connectivity index (χ3v) is 3.75. The van der Waals surface area contributed by atoms with E-state index in [0.717, 1.165) is 17.5 Å². The summed E-state index contributed by atoms with van der Waals surface area (Å²) in [6.45, 7) is 4.26. The molecule has 0 aromatic heterocycles. The summed E-state index contributed by atoms with van der Waals surface area (Å²) in [6, 6.07) is 15.4. The molecule has 0 aliphatic carbocycles. The van der Waals surface area contributed by atoms with Crippen LogP contribution in [0.3, 0.4) is 0 Å². The highest BCUT2D eigenvalue weighted by molar-refractivity contribution is 5.88. The van der Waals surface area contributed by atoms with Gasteiger partial charge in [-0.3, -0.25) is 0 Å². The van der Waals surface area contributed by atoms with Crippen LogP contribution >= 0.6 is 0 Å². The normalized spacial score (nSPS) is 12.4. The van der Waals surface area contributed by atoms with Crippen molar-refractivity contribution in [1.82, 2.24) is 0 Å². The van der Waals surface area contributed by atoms with Crippen LogP contribution in [0.5, 0.6) is 0 Å². The number of nitrogens with two attached hydrogens (primary N) is 1. The monoisotopic (exact) mass is 283 g/mol. The summed E-state index contributed by atoms with van der Waals surface area (Å²) in [5.41, 5.74) is 9.71. The van der Waals surface area contributed by atoms with E-state index in [-0.39, 0.29) is 6.04 Å². The largest absolute Gasteiger partial charge is 0.478 e. The minimum Gasteiger partial charge on any atom is -0.478 e. The first-order valence-corrected chi connectivity index (χ1v) is 7.15. The third-order valence-electron chi connectivity index (χ3n) is 3.75. The number of rotatable bonds is 5. The van der Waals surface area contributed by atoms with E-state index < -0.39 is 5.97 Å². The van der Waals surface area contributed by atoms with E-state index >= 15 is 0 Å². The average molecular weight is 283 g/mol. The molecule has 2 aromatic carbocycles. The maximum Gasteiger partial charge on any atom is 0.335 e. The van der Waals surface area contributed by atoms with Gasteiger partial charge in [-0.25, -0.2) is 4.79 Å². The molecular weight excluding hydrogens is 262 g/mol. The SMILES string of the molecule is CC(C)C(N)Cc1ccc(-c2ccc(C(=O)O)cc2)cc1. The molecule has 0 aliphatic rings. The van der Waals surface area contributed by atoms with Crippen molar-refractivity contribution in [3.63, 3.8) is 0 Å². The summed E-state index contributed by atoms with van der Waals surface area (Å²) in [4.78, 5) is 10.8. The van der Waals surface area contributed by atoms with Crippen molar-refractivity contribution in [2.75, 3.05) is 0 Å².